The third-order valence-corrected chi connectivity index (χ3v) is 10.1. The van der Waals surface area contributed by atoms with Crippen molar-refractivity contribution in [2.24, 2.45) is 0 Å². The Labute approximate surface area is 263 Å². The quantitative estimate of drug-likeness (QED) is 0.314. The minimum Gasteiger partial charge on any atom is -0.367 e. The largest absolute Gasteiger partial charge is 0.367 e. The third-order valence-electron chi connectivity index (χ3n) is 8.85. The summed E-state index contributed by atoms with van der Waals surface area (Å²) < 4.78 is 26.3. The summed E-state index contributed by atoms with van der Waals surface area (Å²) in [6.45, 7) is 5.52. The topological polar surface area (TPSA) is 86.7 Å². The summed E-state index contributed by atoms with van der Waals surface area (Å²) in [5.74, 6) is 0.737. The molecular weight excluding hydrogens is 570 g/mol. The van der Waals surface area contributed by atoms with E-state index in [0.29, 0.717) is 31.8 Å². The maximum atomic E-state index is 13.8. The van der Waals surface area contributed by atoms with Gasteiger partial charge in [-0.2, -0.15) is 4.31 Å². The number of benzene rings is 2. The maximum Gasteiger partial charge on any atom is 0.223 e. The first-order valence-electron chi connectivity index (χ1n) is 16.2. The molecule has 8 nitrogen and oxygen atoms in total. The summed E-state index contributed by atoms with van der Waals surface area (Å²) in [7, 11) is -3.32. The predicted molar refractivity (Wildman–Crippen MR) is 176 cm³/mol. The molecule has 0 spiro atoms. The first kappa shape index (κ1) is 32.1. The van der Waals surface area contributed by atoms with E-state index >= 15 is 0 Å². The number of hydrogen-bond acceptors (Lipinski definition) is 6. The van der Waals surface area contributed by atoms with E-state index in [4.69, 9.17) is 0 Å². The molecule has 5 rings (SSSR count). The van der Waals surface area contributed by atoms with Crippen molar-refractivity contribution in [1.82, 2.24) is 19.2 Å². The zero-order chi connectivity index (χ0) is 30.9. The van der Waals surface area contributed by atoms with Crippen LogP contribution < -0.4 is 4.90 Å². The molecule has 1 fully saturated rings. The molecule has 2 aliphatic heterocycles. The first-order chi connectivity index (χ1) is 21.3. The van der Waals surface area contributed by atoms with Crippen LogP contribution in [0.1, 0.15) is 92.2 Å². The Morgan fingerprint density at radius 3 is 2.34 bits per heavy atom. The Balaban J connectivity index is 1.33. The lowest BCUT2D eigenvalue weighted by atomic mass is 10.1. The van der Waals surface area contributed by atoms with Crippen molar-refractivity contribution >= 4 is 21.6 Å². The Morgan fingerprint density at radius 2 is 1.57 bits per heavy atom. The van der Waals surface area contributed by atoms with Crippen molar-refractivity contribution in [3.05, 3.63) is 89.0 Å². The van der Waals surface area contributed by atoms with Gasteiger partial charge in [0.2, 0.25) is 15.9 Å². The second kappa shape index (κ2) is 15.1. The Kier molecular flexibility index (Phi) is 11.0. The van der Waals surface area contributed by atoms with Crippen LogP contribution in [0.2, 0.25) is 0 Å². The van der Waals surface area contributed by atoms with Crippen LogP contribution >= 0.6 is 0 Å². The van der Waals surface area contributed by atoms with Gasteiger partial charge in [0.15, 0.2) is 0 Å². The van der Waals surface area contributed by atoms with E-state index in [2.05, 4.69) is 69.5 Å². The van der Waals surface area contributed by atoms with Crippen LogP contribution in [-0.4, -0.2) is 59.4 Å². The second-order valence-electron chi connectivity index (χ2n) is 12.3. The predicted octanol–water partition coefficient (Wildman–Crippen LogP) is 6.20. The van der Waals surface area contributed by atoms with Gasteiger partial charge in [-0.25, -0.2) is 18.4 Å². The molecule has 1 aromatic heterocycles. The van der Waals surface area contributed by atoms with Gasteiger partial charge in [0.25, 0.3) is 0 Å². The molecular formula is C35H47N5O3S. The van der Waals surface area contributed by atoms with Gasteiger partial charge in [0, 0.05) is 50.5 Å². The highest BCUT2D eigenvalue weighted by atomic mass is 32.2. The molecule has 3 heterocycles. The summed E-state index contributed by atoms with van der Waals surface area (Å²) in [6.07, 6.45) is 10.6. The highest BCUT2D eigenvalue weighted by molar-refractivity contribution is 7.88. The Bertz CT molecular complexity index is 1500. The number of aromatic nitrogens is 2. The van der Waals surface area contributed by atoms with Crippen LogP contribution in [0, 0.1) is 6.92 Å². The van der Waals surface area contributed by atoms with Crippen LogP contribution in [-0.2, 0) is 34.3 Å². The second-order valence-corrected chi connectivity index (χ2v) is 14.3. The smallest absolute Gasteiger partial charge is 0.223 e. The molecule has 44 heavy (non-hydrogen) atoms. The standard InChI is InChI=1S/C35H47N5O3S/c1-28-36-31(25-32(37-28)34-19-14-24-40(34)44(2,42)43)20-21-35(41)39-23-13-6-4-3-5-12-22-38(26-29-15-8-7-9-16-29)33-18-11-10-17-30(33)27-39/h7-11,15-18,25,34H,3-6,12-14,19-24,26-27H2,1-2H3. The fourth-order valence-electron chi connectivity index (χ4n) is 6.63. The fourth-order valence-corrected chi connectivity index (χ4v) is 7.77. The number of anilines is 1. The van der Waals surface area contributed by atoms with E-state index in [-0.39, 0.29) is 11.9 Å². The number of aryl methyl sites for hydroxylation is 2. The monoisotopic (exact) mass is 617 g/mol. The van der Waals surface area contributed by atoms with E-state index in [9.17, 15) is 13.2 Å². The zero-order valence-electron chi connectivity index (χ0n) is 26.3. The molecule has 0 bridgehead atoms. The van der Waals surface area contributed by atoms with Gasteiger partial charge >= 0.3 is 0 Å². The molecule has 2 aromatic carbocycles. The molecule has 0 aliphatic carbocycles. The summed E-state index contributed by atoms with van der Waals surface area (Å²) in [5.41, 5.74) is 5.20. The summed E-state index contributed by atoms with van der Waals surface area (Å²) in [5, 5.41) is 0. The summed E-state index contributed by atoms with van der Waals surface area (Å²) in [6, 6.07) is 20.8. The Hall–Kier alpha value is -3.30. The number of amides is 1. The number of hydrogen-bond donors (Lipinski definition) is 0. The van der Waals surface area contributed by atoms with Crippen molar-refractivity contribution < 1.29 is 13.2 Å². The summed E-state index contributed by atoms with van der Waals surface area (Å²) >= 11 is 0. The van der Waals surface area contributed by atoms with Gasteiger partial charge in [-0.3, -0.25) is 4.79 Å². The lowest BCUT2D eigenvalue weighted by Crippen LogP contribution is -2.33. The number of nitrogens with zero attached hydrogens (tertiary/aromatic N) is 5. The molecule has 1 atom stereocenters. The number of carbonyl (C=O) groups is 1. The van der Waals surface area contributed by atoms with Crippen molar-refractivity contribution in [3.63, 3.8) is 0 Å². The van der Waals surface area contributed by atoms with E-state index in [0.717, 1.165) is 63.1 Å². The van der Waals surface area contributed by atoms with Crippen molar-refractivity contribution in [2.75, 3.05) is 30.8 Å². The maximum absolute atomic E-state index is 13.8. The molecule has 2 aliphatic rings. The average Bonchev–Trinajstić information content (AvgIpc) is 3.52. The van der Waals surface area contributed by atoms with E-state index in [1.54, 1.807) is 4.31 Å². The van der Waals surface area contributed by atoms with Crippen LogP contribution in [0.4, 0.5) is 5.69 Å². The minimum atomic E-state index is -3.32. The zero-order valence-corrected chi connectivity index (χ0v) is 27.1. The number of fused-ring (bicyclic) bond motifs is 1. The van der Waals surface area contributed by atoms with Gasteiger partial charge in [-0.1, -0.05) is 74.2 Å². The number of rotatable bonds is 7. The molecule has 1 amide bonds. The molecule has 9 heteroatoms. The molecule has 0 radical (unpaired) electrons. The van der Waals surface area contributed by atoms with Crippen LogP contribution in [0.15, 0.2) is 60.7 Å². The van der Waals surface area contributed by atoms with E-state index < -0.39 is 10.0 Å². The van der Waals surface area contributed by atoms with E-state index in [1.165, 1.54) is 42.3 Å². The molecule has 3 aromatic rings. The van der Waals surface area contributed by atoms with Crippen LogP contribution in [0.25, 0.3) is 0 Å². The number of carbonyl (C=O) groups excluding carboxylic acids is 1. The van der Waals surface area contributed by atoms with E-state index in [1.807, 2.05) is 17.9 Å². The first-order valence-corrected chi connectivity index (χ1v) is 18.1. The highest BCUT2D eigenvalue weighted by Crippen LogP contribution is 2.33. The normalized spacial score (nSPS) is 19.1. The molecule has 1 saturated heterocycles. The SMILES string of the molecule is Cc1nc(CCC(=O)N2CCCCCCCCN(Cc3ccccc3)c3ccccc3C2)cc(C2CCCN2S(C)(=O)=O)n1. The molecule has 0 saturated carbocycles. The lowest BCUT2D eigenvalue weighted by Gasteiger charge is -2.30. The molecule has 236 valence electrons. The number of sulfonamides is 1. The van der Waals surface area contributed by atoms with Gasteiger partial charge in [-0.15, -0.1) is 0 Å². The Morgan fingerprint density at radius 1 is 0.864 bits per heavy atom. The van der Waals surface area contributed by atoms with Crippen LogP contribution in [0.3, 0.4) is 0 Å². The molecule has 1 unspecified atom stereocenters. The van der Waals surface area contributed by atoms with Crippen molar-refractivity contribution in [1.29, 1.82) is 0 Å². The van der Waals surface area contributed by atoms with Gasteiger partial charge in [-0.05, 0) is 62.3 Å². The van der Waals surface area contributed by atoms with Crippen molar-refractivity contribution in [2.45, 2.75) is 90.3 Å². The van der Waals surface area contributed by atoms with Gasteiger partial charge in [0.05, 0.1) is 18.0 Å². The fraction of sp³-hybridized carbons (Fsp3) is 0.514. The lowest BCUT2D eigenvalue weighted by molar-refractivity contribution is -0.131. The minimum absolute atomic E-state index is 0.126. The van der Waals surface area contributed by atoms with Gasteiger partial charge < -0.3 is 9.80 Å². The van der Waals surface area contributed by atoms with Crippen molar-refractivity contribution in [3.8, 4) is 0 Å². The summed E-state index contributed by atoms with van der Waals surface area (Å²) in [4.78, 5) is 27.6. The van der Waals surface area contributed by atoms with Gasteiger partial charge in [0.1, 0.15) is 5.82 Å². The average molecular weight is 618 g/mol. The third kappa shape index (κ3) is 8.66. The van der Waals surface area contributed by atoms with Crippen LogP contribution in [0.5, 0.6) is 0 Å². The molecule has 0 N–H and O–H groups in total. The highest BCUT2D eigenvalue weighted by Gasteiger charge is 2.34. The number of para-hydroxylation sites is 1.